The van der Waals surface area contributed by atoms with Crippen molar-refractivity contribution in [1.82, 2.24) is 0 Å². The van der Waals surface area contributed by atoms with Crippen molar-refractivity contribution in [2.75, 3.05) is 13.1 Å². The Bertz CT molecular complexity index is 105. The van der Waals surface area contributed by atoms with Crippen LogP contribution in [0.1, 0.15) is 58.3 Å². The van der Waals surface area contributed by atoms with Crippen LogP contribution in [0.5, 0.6) is 0 Å². The molecule has 6 N–H and O–H groups in total. The molecule has 0 aromatic carbocycles. The monoisotopic (exact) mass is 234 g/mol. The molecular formula is C12H30N2O2. The van der Waals surface area contributed by atoms with Gasteiger partial charge in [-0.15, -0.1) is 0 Å². The van der Waals surface area contributed by atoms with E-state index in [1.807, 2.05) is 0 Å². The van der Waals surface area contributed by atoms with Crippen molar-refractivity contribution < 1.29 is 10.2 Å². The highest BCUT2D eigenvalue weighted by atomic mass is 16.5. The van der Waals surface area contributed by atoms with Gasteiger partial charge in [-0.3, -0.25) is 0 Å². The summed E-state index contributed by atoms with van der Waals surface area (Å²) >= 11 is 0. The van der Waals surface area contributed by atoms with Gasteiger partial charge in [0.05, 0.1) is 0 Å². The number of unbranched alkanes of at least 4 members (excludes halogenated alkanes) is 5. The van der Waals surface area contributed by atoms with Crippen LogP contribution in [0, 0.1) is 0 Å². The van der Waals surface area contributed by atoms with E-state index in [4.69, 9.17) is 21.7 Å². The van der Waals surface area contributed by atoms with E-state index in [2.05, 4.69) is 6.92 Å². The molecule has 0 heterocycles. The van der Waals surface area contributed by atoms with Gasteiger partial charge in [0.15, 0.2) is 6.29 Å². The lowest BCUT2D eigenvalue weighted by Crippen LogP contribution is -2.02. The molecular weight excluding hydrogens is 204 g/mol. The summed E-state index contributed by atoms with van der Waals surface area (Å²) in [6.45, 7) is 3.74. The first-order chi connectivity index (χ1) is 7.68. The van der Waals surface area contributed by atoms with Gasteiger partial charge < -0.3 is 21.7 Å². The van der Waals surface area contributed by atoms with E-state index in [1.54, 1.807) is 0 Å². The Balaban J connectivity index is 0. The largest absolute Gasteiger partial charge is 0.368 e. The fourth-order valence-electron chi connectivity index (χ4n) is 1.22. The number of nitrogens with two attached hydrogens (primary N) is 2. The van der Waals surface area contributed by atoms with Crippen LogP contribution >= 0.6 is 0 Å². The summed E-state index contributed by atoms with van der Waals surface area (Å²) in [7, 11) is 0. The molecule has 0 aromatic rings. The number of aliphatic hydroxyl groups excluding tert-OH is 1. The number of hydrogen-bond acceptors (Lipinski definition) is 4. The van der Waals surface area contributed by atoms with Crippen molar-refractivity contribution in [3.63, 3.8) is 0 Å². The van der Waals surface area contributed by atoms with Gasteiger partial charge in [-0.2, -0.15) is 0 Å². The van der Waals surface area contributed by atoms with Gasteiger partial charge in [-0.05, 0) is 38.8 Å². The molecule has 4 nitrogen and oxygen atoms in total. The van der Waals surface area contributed by atoms with Crippen LogP contribution in [-0.4, -0.2) is 29.6 Å². The minimum absolute atomic E-state index is 0.522. The summed E-state index contributed by atoms with van der Waals surface area (Å²) in [5.41, 5.74) is 10.6. The Morgan fingerprint density at radius 3 is 1.62 bits per heavy atom. The van der Waals surface area contributed by atoms with Crippen molar-refractivity contribution in [1.29, 1.82) is 0 Å². The van der Waals surface area contributed by atoms with Crippen LogP contribution in [0.2, 0.25) is 0 Å². The number of rotatable bonds is 9. The zero-order chi connectivity index (χ0) is 12.6. The first-order valence-electron chi connectivity index (χ1n) is 6.45. The van der Waals surface area contributed by atoms with Gasteiger partial charge in [-0.25, -0.2) is 0 Å². The third-order valence-corrected chi connectivity index (χ3v) is 2.22. The average Bonchev–Trinajstić information content (AvgIpc) is 2.25. The minimum atomic E-state index is -1.10. The topological polar surface area (TPSA) is 92.5 Å². The third-order valence-electron chi connectivity index (χ3n) is 2.22. The highest BCUT2D eigenvalue weighted by Crippen LogP contribution is 2.00. The van der Waals surface area contributed by atoms with E-state index in [-0.39, 0.29) is 0 Å². The van der Waals surface area contributed by atoms with Gasteiger partial charge in [0.2, 0.25) is 0 Å². The van der Waals surface area contributed by atoms with Gasteiger partial charge in [0, 0.05) is 0 Å². The lowest BCUT2D eigenvalue weighted by molar-refractivity contribution is -0.0465. The molecule has 16 heavy (non-hydrogen) atoms. The van der Waals surface area contributed by atoms with E-state index in [0.29, 0.717) is 6.42 Å². The molecule has 0 saturated carbocycles. The molecule has 4 heteroatoms. The molecule has 0 radical (unpaired) electrons. The van der Waals surface area contributed by atoms with Crippen molar-refractivity contribution in [2.24, 2.45) is 11.5 Å². The zero-order valence-electron chi connectivity index (χ0n) is 10.7. The Morgan fingerprint density at radius 1 is 0.812 bits per heavy atom. The standard InChI is InChI=1S/C6H16N2.C6H14O2/c7-5-3-1-2-4-6-8;1-2-3-4-5-6(7)8/h1-8H2;6-8H,2-5H2,1H3. The maximum absolute atomic E-state index is 8.33. The maximum atomic E-state index is 8.33. The molecule has 0 atom stereocenters. The number of aliphatic hydroxyl groups is 2. The molecule has 0 aliphatic rings. The van der Waals surface area contributed by atoms with Crippen molar-refractivity contribution in [3.8, 4) is 0 Å². The van der Waals surface area contributed by atoms with Crippen LogP contribution < -0.4 is 11.5 Å². The van der Waals surface area contributed by atoms with E-state index >= 15 is 0 Å². The molecule has 0 bridgehead atoms. The first kappa shape index (κ1) is 18.2. The van der Waals surface area contributed by atoms with Gasteiger partial charge >= 0.3 is 0 Å². The SMILES string of the molecule is CCCCCC(O)O.NCCCCCCN. The predicted octanol–water partition coefficient (Wildman–Crippen LogP) is 1.34. The molecule has 0 fully saturated rings. The second kappa shape index (κ2) is 17.2. The van der Waals surface area contributed by atoms with Crippen molar-refractivity contribution in [3.05, 3.63) is 0 Å². The van der Waals surface area contributed by atoms with Crippen LogP contribution in [-0.2, 0) is 0 Å². The van der Waals surface area contributed by atoms with Crippen LogP contribution in [0.25, 0.3) is 0 Å². The lowest BCUT2D eigenvalue weighted by atomic mass is 10.2. The number of hydrogen-bond donors (Lipinski definition) is 4. The minimum Gasteiger partial charge on any atom is -0.368 e. The van der Waals surface area contributed by atoms with Crippen LogP contribution in [0.4, 0.5) is 0 Å². The fourth-order valence-corrected chi connectivity index (χ4v) is 1.22. The molecule has 0 aliphatic heterocycles. The van der Waals surface area contributed by atoms with Crippen LogP contribution in [0.15, 0.2) is 0 Å². The highest BCUT2D eigenvalue weighted by molar-refractivity contribution is 4.43. The summed E-state index contributed by atoms with van der Waals surface area (Å²) < 4.78 is 0. The third kappa shape index (κ3) is 23.6. The molecule has 0 rings (SSSR count). The van der Waals surface area contributed by atoms with E-state index < -0.39 is 6.29 Å². The summed E-state index contributed by atoms with van der Waals surface area (Å²) in [5.74, 6) is 0. The molecule has 0 aromatic heterocycles. The fraction of sp³-hybridized carbons (Fsp3) is 1.00. The smallest absolute Gasteiger partial charge is 0.151 e. The zero-order valence-corrected chi connectivity index (χ0v) is 10.7. The lowest BCUT2D eigenvalue weighted by Gasteiger charge is -1.99. The Hall–Kier alpha value is -0.160. The Morgan fingerprint density at radius 2 is 1.31 bits per heavy atom. The summed E-state index contributed by atoms with van der Waals surface area (Å²) in [4.78, 5) is 0. The molecule has 0 amide bonds. The summed E-state index contributed by atoms with van der Waals surface area (Å²) in [5, 5.41) is 16.7. The second-order valence-corrected chi connectivity index (χ2v) is 3.97. The van der Waals surface area contributed by atoms with Gasteiger partial charge in [-0.1, -0.05) is 32.6 Å². The first-order valence-corrected chi connectivity index (χ1v) is 6.45. The Labute approximate surface area is 100 Å². The van der Waals surface area contributed by atoms with Crippen molar-refractivity contribution in [2.45, 2.75) is 64.6 Å². The normalized spacial score (nSPS) is 10.1. The van der Waals surface area contributed by atoms with Crippen molar-refractivity contribution >= 4 is 0 Å². The molecule has 0 spiro atoms. The molecule has 0 unspecified atom stereocenters. The van der Waals surface area contributed by atoms with Crippen LogP contribution in [0.3, 0.4) is 0 Å². The Kier molecular flexibility index (Phi) is 19.6. The maximum Gasteiger partial charge on any atom is 0.151 e. The van der Waals surface area contributed by atoms with E-state index in [0.717, 1.165) is 45.2 Å². The highest BCUT2D eigenvalue weighted by Gasteiger charge is 1.93. The molecule has 0 saturated heterocycles. The average molecular weight is 234 g/mol. The molecule has 100 valence electrons. The van der Waals surface area contributed by atoms with Gasteiger partial charge in [0.1, 0.15) is 0 Å². The molecule has 0 aliphatic carbocycles. The van der Waals surface area contributed by atoms with Gasteiger partial charge in [0.25, 0.3) is 0 Å². The van der Waals surface area contributed by atoms with E-state index in [9.17, 15) is 0 Å². The summed E-state index contributed by atoms with van der Waals surface area (Å²) in [6.07, 6.45) is 7.37. The quantitative estimate of drug-likeness (QED) is 0.358. The summed E-state index contributed by atoms with van der Waals surface area (Å²) in [6, 6.07) is 0. The second-order valence-electron chi connectivity index (χ2n) is 3.97. The van der Waals surface area contributed by atoms with E-state index in [1.165, 1.54) is 12.8 Å². The predicted molar refractivity (Wildman–Crippen MR) is 68.9 cm³/mol.